The molecule has 0 radical (unpaired) electrons. The van der Waals surface area contributed by atoms with E-state index in [1.54, 1.807) is 13.0 Å². The molecular formula is C16H15N5O5S. The zero-order chi connectivity index (χ0) is 19.8. The first-order valence-electron chi connectivity index (χ1n) is 7.85. The van der Waals surface area contributed by atoms with Gasteiger partial charge in [-0.1, -0.05) is 5.16 Å². The molecule has 10 nitrogen and oxygen atoms in total. The molecule has 0 fully saturated rings. The van der Waals surface area contributed by atoms with Crippen molar-refractivity contribution in [1.82, 2.24) is 15.1 Å². The Balaban J connectivity index is 1.91. The number of aryl methyl sites for hydroxylation is 3. The molecule has 0 spiro atoms. The van der Waals surface area contributed by atoms with Crippen molar-refractivity contribution < 1.29 is 22.8 Å². The third-order valence-electron chi connectivity index (χ3n) is 4.12. The maximum atomic E-state index is 12.4. The summed E-state index contributed by atoms with van der Waals surface area (Å²) in [5.74, 6) is -1.47. The summed E-state index contributed by atoms with van der Waals surface area (Å²) >= 11 is 0. The zero-order valence-electron chi connectivity index (χ0n) is 14.5. The lowest BCUT2D eigenvalue weighted by Gasteiger charge is -2.18. The van der Waals surface area contributed by atoms with E-state index in [0.717, 1.165) is 0 Å². The summed E-state index contributed by atoms with van der Waals surface area (Å²) in [6.45, 7) is 3.14. The molecule has 1 aliphatic heterocycles. The summed E-state index contributed by atoms with van der Waals surface area (Å²) in [4.78, 5) is 20.7. The molecule has 140 valence electrons. The van der Waals surface area contributed by atoms with Crippen LogP contribution in [0.25, 0.3) is 5.76 Å². The molecule has 0 aromatic carbocycles. The van der Waals surface area contributed by atoms with Crippen molar-refractivity contribution >= 4 is 27.5 Å². The molecule has 1 aliphatic rings. The Morgan fingerprint density at radius 1 is 1.37 bits per heavy atom. The lowest BCUT2D eigenvalue weighted by molar-refractivity contribution is -0.112. The van der Waals surface area contributed by atoms with Gasteiger partial charge in [-0.15, -0.1) is 0 Å². The molecule has 27 heavy (non-hydrogen) atoms. The van der Waals surface area contributed by atoms with Crippen LogP contribution in [0.5, 0.6) is 0 Å². The van der Waals surface area contributed by atoms with Crippen molar-refractivity contribution in [2.75, 3.05) is 11.1 Å². The van der Waals surface area contributed by atoms with Crippen LogP contribution < -0.4 is 5.32 Å². The van der Waals surface area contributed by atoms with Gasteiger partial charge in [-0.2, -0.15) is 5.26 Å². The predicted molar refractivity (Wildman–Crippen MR) is 93.0 cm³/mol. The predicted octanol–water partition coefficient (Wildman–Crippen LogP) is 0.984. The summed E-state index contributed by atoms with van der Waals surface area (Å²) < 4.78 is 28.3. The number of sulfone groups is 1. The molecule has 2 aromatic rings. The van der Waals surface area contributed by atoms with E-state index in [1.807, 2.05) is 0 Å². The number of fused-ring (bicyclic) bond motifs is 1. The third kappa shape index (κ3) is 3.65. The van der Waals surface area contributed by atoms with Gasteiger partial charge in [0.25, 0.3) is 5.91 Å². The molecule has 0 aliphatic carbocycles. The number of carbonyl (C=O) groups is 1. The maximum absolute atomic E-state index is 12.4. The summed E-state index contributed by atoms with van der Waals surface area (Å²) in [6, 6.07) is 1.64. The second-order valence-electron chi connectivity index (χ2n) is 5.99. The highest BCUT2D eigenvalue weighted by molar-refractivity contribution is 7.90. The Morgan fingerprint density at radius 2 is 2.11 bits per heavy atom. The molecule has 2 aromatic heterocycles. The lowest BCUT2D eigenvalue weighted by Crippen LogP contribution is -2.24. The van der Waals surface area contributed by atoms with Crippen molar-refractivity contribution in [3.8, 4) is 6.07 Å². The molecule has 0 saturated carbocycles. The van der Waals surface area contributed by atoms with Gasteiger partial charge in [0.2, 0.25) is 5.95 Å². The number of anilines is 1. The smallest absolute Gasteiger partial charge is 0.272 e. The normalized spacial score (nSPS) is 16.0. The van der Waals surface area contributed by atoms with Crippen molar-refractivity contribution in [2.24, 2.45) is 0 Å². The number of carbonyl (C=O) groups excluding carboxylic acids is 1. The fourth-order valence-corrected chi connectivity index (χ4v) is 4.15. The van der Waals surface area contributed by atoms with E-state index < -0.39 is 27.1 Å². The van der Waals surface area contributed by atoms with Crippen molar-refractivity contribution in [3.05, 3.63) is 40.0 Å². The second-order valence-corrected chi connectivity index (χ2v) is 8.17. The molecule has 3 heterocycles. The Hall–Kier alpha value is -3.26. The van der Waals surface area contributed by atoms with Crippen LogP contribution >= 0.6 is 0 Å². The highest BCUT2D eigenvalue weighted by atomic mass is 32.2. The van der Waals surface area contributed by atoms with Gasteiger partial charge in [0, 0.05) is 17.7 Å². The number of hydrogen-bond acceptors (Lipinski definition) is 9. The van der Waals surface area contributed by atoms with Crippen LogP contribution in [0.4, 0.5) is 5.95 Å². The Labute approximate surface area is 154 Å². The Morgan fingerprint density at radius 3 is 2.74 bits per heavy atom. The van der Waals surface area contributed by atoms with Gasteiger partial charge in [0.15, 0.2) is 21.2 Å². The van der Waals surface area contributed by atoms with Crippen LogP contribution in [0.1, 0.15) is 28.3 Å². The summed E-state index contributed by atoms with van der Waals surface area (Å²) in [7, 11) is -3.18. The molecular weight excluding hydrogens is 374 g/mol. The number of amides is 1. The molecule has 0 unspecified atom stereocenters. The zero-order valence-corrected chi connectivity index (χ0v) is 15.3. The number of hydrogen-bond donors (Lipinski definition) is 2. The molecule has 3 rings (SSSR count). The number of nitrogens with zero attached hydrogens (tertiary/aromatic N) is 4. The van der Waals surface area contributed by atoms with Gasteiger partial charge < -0.3 is 9.63 Å². The number of nitrogens with one attached hydrogen (secondary N) is 1. The number of aliphatic hydroxyl groups excluding tert-OH is 1. The first kappa shape index (κ1) is 18.5. The van der Waals surface area contributed by atoms with Gasteiger partial charge in [0.05, 0.1) is 29.0 Å². The number of rotatable bonds is 3. The Kier molecular flexibility index (Phi) is 4.67. The standard InChI is InChI=1S/C16H15N5O5S/c1-8-12-7-27(24,25)4-3-13(12)20-16(19-8)21-15(23)10(5-17)14(22)11-6-18-26-9(11)2/h6,22H,3-4,7H2,1-2H3,(H,19,20,21,23)/b14-10-. The topological polar surface area (TPSA) is 159 Å². The third-order valence-corrected chi connectivity index (χ3v) is 5.68. The summed E-state index contributed by atoms with van der Waals surface area (Å²) in [6.07, 6.45) is 1.41. The van der Waals surface area contributed by atoms with Gasteiger partial charge >= 0.3 is 0 Å². The summed E-state index contributed by atoms with van der Waals surface area (Å²) in [5, 5.41) is 25.3. The fraction of sp³-hybridized carbons (Fsp3) is 0.312. The maximum Gasteiger partial charge on any atom is 0.272 e. The molecule has 11 heteroatoms. The van der Waals surface area contributed by atoms with Crippen molar-refractivity contribution in [1.29, 1.82) is 5.26 Å². The van der Waals surface area contributed by atoms with Crippen molar-refractivity contribution in [3.63, 3.8) is 0 Å². The van der Waals surface area contributed by atoms with E-state index in [-0.39, 0.29) is 35.2 Å². The average molecular weight is 389 g/mol. The number of nitriles is 1. The van der Waals surface area contributed by atoms with Crippen LogP contribution in [0.3, 0.4) is 0 Å². The van der Waals surface area contributed by atoms with Crippen LogP contribution in [-0.2, 0) is 26.8 Å². The van der Waals surface area contributed by atoms with Crippen LogP contribution in [0.15, 0.2) is 16.3 Å². The molecule has 1 amide bonds. The molecule has 2 N–H and O–H groups in total. The van der Waals surface area contributed by atoms with E-state index in [2.05, 4.69) is 20.4 Å². The van der Waals surface area contributed by atoms with Gasteiger partial charge in [-0.3, -0.25) is 10.1 Å². The number of aromatic nitrogens is 3. The quantitative estimate of drug-likeness (QED) is 0.443. The van der Waals surface area contributed by atoms with Gasteiger partial charge in [0.1, 0.15) is 11.8 Å². The fourth-order valence-electron chi connectivity index (χ4n) is 2.69. The first-order chi connectivity index (χ1) is 12.7. The molecule has 0 bridgehead atoms. The monoisotopic (exact) mass is 389 g/mol. The molecule has 0 saturated heterocycles. The SMILES string of the molecule is Cc1nc(NC(=O)/C(C#N)=C(\O)c2cnoc2C)nc2c1CS(=O)(=O)CC2. The van der Waals surface area contributed by atoms with E-state index in [0.29, 0.717) is 17.0 Å². The second kappa shape index (κ2) is 6.81. The largest absolute Gasteiger partial charge is 0.506 e. The van der Waals surface area contributed by atoms with E-state index >= 15 is 0 Å². The highest BCUT2D eigenvalue weighted by Crippen LogP contribution is 2.24. The Bertz CT molecular complexity index is 1110. The summed E-state index contributed by atoms with van der Waals surface area (Å²) in [5.41, 5.74) is 1.06. The van der Waals surface area contributed by atoms with E-state index in [4.69, 9.17) is 4.52 Å². The molecule has 0 atom stereocenters. The van der Waals surface area contributed by atoms with Gasteiger partial charge in [-0.05, 0) is 13.8 Å². The van der Waals surface area contributed by atoms with E-state index in [9.17, 15) is 23.6 Å². The minimum absolute atomic E-state index is 0.0270. The lowest BCUT2D eigenvalue weighted by atomic mass is 10.1. The van der Waals surface area contributed by atoms with Gasteiger partial charge in [-0.25, -0.2) is 18.4 Å². The van der Waals surface area contributed by atoms with Crippen LogP contribution in [-0.4, -0.2) is 40.3 Å². The first-order valence-corrected chi connectivity index (χ1v) is 9.67. The van der Waals surface area contributed by atoms with E-state index in [1.165, 1.54) is 13.1 Å². The minimum Gasteiger partial charge on any atom is -0.506 e. The average Bonchev–Trinajstić information content (AvgIpc) is 3.02. The minimum atomic E-state index is -3.18. The number of aliphatic hydroxyl groups is 1. The van der Waals surface area contributed by atoms with Crippen LogP contribution in [0, 0.1) is 25.2 Å². The highest BCUT2D eigenvalue weighted by Gasteiger charge is 2.26. The van der Waals surface area contributed by atoms with Crippen LogP contribution in [0.2, 0.25) is 0 Å². The van der Waals surface area contributed by atoms with Crippen molar-refractivity contribution in [2.45, 2.75) is 26.0 Å².